The molecular weight excluding hydrogens is 389 g/mol. The largest absolute Gasteiger partial charge is 0.486 e. The van der Waals surface area contributed by atoms with Crippen LogP contribution >= 0.6 is 22.9 Å². The summed E-state index contributed by atoms with van der Waals surface area (Å²) < 4.78 is 23.6. The maximum Gasteiger partial charge on any atom is 0.331 e. The summed E-state index contributed by atoms with van der Waals surface area (Å²) in [4.78, 5) is 16.1. The van der Waals surface area contributed by atoms with Gasteiger partial charge in [0, 0.05) is 16.5 Å². The molecule has 0 N–H and O–H groups in total. The summed E-state index contributed by atoms with van der Waals surface area (Å²) in [6.07, 6.45) is 2.86. The van der Waals surface area contributed by atoms with E-state index >= 15 is 0 Å². The Hall–Kier alpha value is -2.70. The van der Waals surface area contributed by atoms with Gasteiger partial charge in [-0.1, -0.05) is 23.7 Å². The van der Waals surface area contributed by atoms with E-state index in [-0.39, 0.29) is 12.4 Å². The second kappa shape index (κ2) is 9.30. The fraction of sp³-hybridized carbons (Fsp3) is 0.100. The van der Waals surface area contributed by atoms with Gasteiger partial charge in [0.1, 0.15) is 29.8 Å². The Morgan fingerprint density at radius 3 is 2.59 bits per heavy atom. The molecule has 0 aliphatic heterocycles. The summed E-state index contributed by atoms with van der Waals surface area (Å²) in [6.45, 7) is 0.398. The van der Waals surface area contributed by atoms with Gasteiger partial charge in [0.15, 0.2) is 0 Å². The molecule has 0 spiro atoms. The number of hydrogen-bond acceptors (Lipinski definition) is 5. The van der Waals surface area contributed by atoms with E-state index in [9.17, 15) is 9.18 Å². The number of esters is 1. The van der Waals surface area contributed by atoms with Gasteiger partial charge in [-0.15, -0.1) is 11.3 Å². The quantitative estimate of drug-likeness (QED) is 0.398. The van der Waals surface area contributed by atoms with E-state index in [1.54, 1.807) is 42.5 Å². The van der Waals surface area contributed by atoms with Crippen LogP contribution in [-0.2, 0) is 22.7 Å². The lowest BCUT2D eigenvalue weighted by Crippen LogP contribution is -2.01. The molecule has 7 heteroatoms. The molecule has 0 saturated carbocycles. The summed E-state index contributed by atoms with van der Waals surface area (Å²) in [6, 6.07) is 12.9. The Balaban J connectivity index is 1.45. The third-order valence-electron chi connectivity index (χ3n) is 3.42. The molecule has 2 aromatic carbocycles. The van der Waals surface area contributed by atoms with Crippen LogP contribution in [0.3, 0.4) is 0 Å². The zero-order valence-electron chi connectivity index (χ0n) is 14.1. The lowest BCUT2D eigenvalue weighted by Gasteiger charge is -2.03. The second-order valence-corrected chi connectivity index (χ2v) is 6.85. The van der Waals surface area contributed by atoms with Crippen molar-refractivity contribution in [2.75, 3.05) is 0 Å². The van der Waals surface area contributed by atoms with Crippen molar-refractivity contribution in [2.45, 2.75) is 13.2 Å². The van der Waals surface area contributed by atoms with Crippen molar-refractivity contribution in [2.24, 2.45) is 0 Å². The first-order chi connectivity index (χ1) is 13.1. The minimum atomic E-state index is -0.494. The fourth-order valence-electron chi connectivity index (χ4n) is 2.09. The van der Waals surface area contributed by atoms with Crippen molar-refractivity contribution in [3.05, 3.63) is 87.1 Å². The Labute approximate surface area is 164 Å². The number of hydrogen-bond donors (Lipinski definition) is 0. The third kappa shape index (κ3) is 6.20. The molecule has 1 heterocycles. The van der Waals surface area contributed by atoms with Gasteiger partial charge in [-0.2, -0.15) is 0 Å². The monoisotopic (exact) mass is 403 g/mol. The Kier molecular flexibility index (Phi) is 6.57. The van der Waals surface area contributed by atoms with Crippen LogP contribution in [-0.4, -0.2) is 11.0 Å². The van der Waals surface area contributed by atoms with E-state index < -0.39 is 5.97 Å². The molecule has 0 aliphatic carbocycles. The number of halogens is 2. The molecular formula is C20H15ClFNO3S. The number of carbonyl (C=O) groups is 1. The minimum absolute atomic E-state index is 0.0734. The van der Waals surface area contributed by atoms with Crippen LogP contribution in [0.15, 0.2) is 60.0 Å². The van der Waals surface area contributed by atoms with Crippen LogP contribution in [0, 0.1) is 5.82 Å². The molecule has 0 saturated heterocycles. The lowest BCUT2D eigenvalue weighted by atomic mass is 10.2. The molecule has 0 amide bonds. The lowest BCUT2D eigenvalue weighted by molar-refractivity contribution is -0.139. The van der Waals surface area contributed by atoms with Gasteiger partial charge in [-0.3, -0.25) is 0 Å². The van der Waals surface area contributed by atoms with Crippen molar-refractivity contribution >= 4 is 35.0 Å². The van der Waals surface area contributed by atoms with Gasteiger partial charge in [0.25, 0.3) is 0 Å². The highest BCUT2D eigenvalue weighted by Gasteiger charge is 2.06. The highest BCUT2D eigenvalue weighted by molar-refractivity contribution is 7.09. The van der Waals surface area contributed by atoms with Crippen LogP contribution < -0.4 is 4.74 Å². The number of benzene rings is 2. The van der Waals surface area contributed by atoms with Crippen molar-refractivity contribution < 1.29 is 18.7 Å². The summed E-state index contributed by atoms with van der Waals surface area (Å²) >= 11 is 7.26. The molecule has 3 aromatic rings. The Bertz CT molecular complexity index is 923. The first kappa shape index (κ1) is 19.1. The fourth-order valence-corrected chi connectivity index (χ4v) is 2.90. The molecule has 0 unspecified atom stereocenters. The molecule has 0 aliphatic rings. The zero-order valence-corrected chi connectivity index (χ0v) is 15.7. The maximum atomic E-state index is 12.8. The molecule has 0 bridgehead atoms. The van der Waals surface area contributed by atoms with Crippen LogP contribution in [0.25, 0.3) is 6.08 Å². The van der Waals surface area contributed by atoms with Crippen molar-refractivity contribution in [3.8, 4) is 5.75 Å². The third-order valence-corrected chi connectivity index (χ3v) is 4.54. The number of thiazole rings is 1. The average molecular weight is 404 g/mol. The number of aromatic nitrogens is 1. The number of ether oxygens (including phenoxy) is 2. The molecule has 0 radical (unpaired) electrons. The average Bonchev–Trinajstić information content (AvgIpc) is 3.13. The van der Waals surface area contributed by atoms with E-state index in [1.165, 1.54) is 29.5 Å². The highest BCUT2D eigenvalue weighted by Crippen LogP contribution is 2.18. The van der Waals surface area contributed by atoms with Crippen LogP contribution in [0.1, 0.15) is 16.3 Å². The van der Waals surface area contributed by atoms with Gasteiger partial charge in [-0.25, -0.2) is 14.2 Å². The van der Waals surface area contributed by atoms with Crippen LogP contribution in [0.5, 0.6) is 5.75 Å². The standard InChI is InChI=1S/C20H15ClFNO3S/c21-15-4-8-18(9-5-15)25-12-19-23-17(13-27-19)11-26-20(24)10-3-14-1-6-16(22)7-2-14/h1-10,13H,11-12H2/b10-3+. The van der Waals surface area contributed by atoms with Gasteiger partial charge >= 0.3 is 5.97 Å². The summed E-state index contributed by atoms with van der Waals surface area (Å²) in [5.41, 5.74) is 1.36. The molecule has 1 aromatic heterocycles. The molecule has 3 rings (SSSR count). The van der Waals surface area contributed by atoms with E-state index in [0.29, 0.717) is 28.6 Å². The molecule has 4 nitrogen and oxygen atoms in total. The number of nitrogens with zero attached hydrogens (tertiary/aromatic N) is 1. The SMILES string of the molecule is O=C(/C=C/c1ccc(F)cc1)OCc1csc(COc2ccc(Cl)cc2)n1. The summed E-state index contributed by atoms with van der Waals surface area (Å²) in [7, 11) is 0. The molecule has 138 valence electrons. The first-order valence-corrected chi connectivity index (χ1v) is 9.26. The van der Waals surface area contributed by atoms with E-state index in [1.807, 2.05) is 5.38 Å². The second-order valence-electron chi connectivity index (χ2n) is 5.47. The molecule has 0 atom stereocenters. The predicted octanol–water partition coefficient (Wildman–Crippen LogP) is 5.27. The number of carbonyl (C=O) groups excluding carboxylic acids is 1. The zero-order chi connectivity index (χ0) is 19.1. The smallest absolute Gasteiger partial charge is 0.331 e. The molecule has 0 fully saturated rings. The first-order valence-electron chi connectivity index (χ1n) is 8.00. The van der Waals surface area contributed by atoms with Gasteiger partial charge < -0.3 is 9.47 Å². The summed E-state index contributed by atoms with van der Waals surface area (Å²) in [5.74, 6) is -0.117. The van der Waals surface area contributed by atoms with E-state index in [0.717, 1.165) is 5.01 Å². The van der Waals surface area contributed by atoms with Gasteiger partial charge in [-0.05, 0) is 48.0 Å². The van der Waals surface area contributed by atoms with Crippen LogP contribution in [0.4, 0.5) is 4.39 Å². The summed E-state index contributed by atoms with van der Waals surface area (Å²) in [5, 5.41) is 3.24. The van der Waals surface area contributed by atoms with Gasteiger partial charge in [0.05, 0.1) is 5.69 Å². The molecule has 27 heavy (non-hydrogen) atoms. The number of rotatable bonds is 7. The Morgan fingerprint density at radius 2 is 1.85 bits per heavy atom. The van der Waals surface area contributed by atoms with Crippen LogP contribution in [0.2, 0.25) is 5.02 Å². The van der Waals surface area contributed by atoms with Crippen molar-refractivity contribution in [1.82, 2.24) is 4.98 Å². The van der Waals surface area contributed by atoms with Crippen molar-refractivity contribution in [3.63, 3.8) is 0 Å². The Morgan fingerprint density at radius 1 is 1.11 bits per heavy atom. The maximum absolute atomic E-state index is 12.8. The van der Waals surface area contributed by atoms with E-state index in [2.05, 4.69) is 4.98 Å². The minimum Gasteiger partial charge on any atom is -0.486 e. The van der Waals surface area contributed by atoms with E-state index in [4.69, 9.17) is 21.1 Å². The predicted molar refractivity (Wildman–Crippen MR) is 103 cm³/mol. The normalized spacial score (nSPS) is 10.9. The van der Waals surface area contributed by atoms with Gasteiger partial charge in [0.2, 0.25) is 0 Å². The van der Waals surface area contributed by atoms with Crippen molar-refractivity contribution in [1.29, 1.82) is 0 Å². The topological polar surface area (TPSA) is 48.4 Å². The highest BCUT2D eigenvalue weighted by atomic mass is 35.5.